The van der Waals surface area contributed by atoms with Gasteiger partial charge in [0.05, 0.1) is 12.5 Å². The van der Waals surface area contributed by atoms with E-state index in [2.05, 4.69) is 41.2 Å². The molecule has 2 aromatic heterocycles. The van der Waals surface area contributed by atoms with Crippen molar-refractivity contribution in [2.24, 2.45) is 0 Å². The summed E-state index contributed by atoms with van der Waals surface area (Å²) in [5.41, 5.74) is 2.26. The molecule has 34 heavy (non-hydrogen) atoms. The Balaban J connectivity index is 1.37. The molecule has 2 aromatic carbocycles. The summed E-state index contributed by atoms with van der Waals surface area (Å²) in [6.07, 6.45) is 1.12. The molecule has 4 aromatic rings. The highest BCUT2D eigenvalue weighted by Crippen LogP contribution is 2.25. The molecule has 0 aliphatic heterocycles. The second-order valence-corrected chi connectivity index (χ2v) is 7.40. The highest BCUT2D eigenvalue weighted by molar-refractivity contribution is 5.95. The average molecular weight is 460 g/mol. The van der Waals surface area contributed by atoms with Crippen molar-refractivity contribution in [2.45, 2.75) is 19.4 Å². The molecule has 0 aliphatic carbocycles. The molecule has 172 valence electrons. The Morgan fingerprint density at radius 2 is 1.82 bits per heavy atom. The number of rotatable bonds is 7. The third-order valence-electron chi connectivity index (χ3n) is 4.95. The number of aromatic nitrogens is 6. The van der Waals surface area contributed by atoms with E-state index in [1.165, 1.54) is 30.6 Å². The van der Waals surface area contributed by atoms with E-state index >= 15 is 0 Å². The van der Waals surface area contributed by atoms with Crippen molar-refractivity contribution in [2.75, 3.05) is 5.32 Å². The van der Waals surface area contributed by atoms with Crippen LogP contribution in [0, 0.1) is 0 Å². The summed E-state index contributed by atoms with van der Waals surface area (Å²) < 4.78 is 0. The molecule has 0 radical (unpaired) electrons. The number of nitrogens with zero attached hydrogens (tertiary/aromatic N) is 5. The molecule has 2 heterocycles. The molecule has 4 rings (SSSR count). The lowest BCUT2D eigenvalue weighted by Gasteiger charge is -2.14. The van der Waals surface area contributed by atoms with E-state index in [0.29, 0.717) is 11.4 Å². The average Bonchev–Trinajstić information content (AvgIpc) is 3.37. The molecule has 0 fully saturated rings. The minimum atomic E-state index is -0.433. The van der Waals surface area contributed by atoms with Crippen molar-refractivity contribution in [1.82, 2.24) is 35.9 Å². The predicted octanol–water partition coefficient (Wildman–Crippen LogP) is 1.74. The van der Waals surface area contributed by atoms with E-state index in [4.69, 9.17) is 0 Å². The molecular weight excluding hydrogens is 440 g/mol. The highest BCUT2D eigenvalue weighted by atomic mass is 16.3. The van der Waals surface area contributed by atoms with Crippen LogP contribution < -0.4 is 10.6 Å². The highest BCUT2D eigenvalue weighted by Gasteiger charge is 2.15. The van der Waals surface area contributed by atoms with Crippen LogP contribution >= 0.6 is 0 Å². The second kappa shape index (κ2) is 9.73. The topological polar surface area (TPSA) is 179 Å². The lowest BCUT2D eigenvalue weighted by Crippen LogP contribution is -2.27. The van der Waals surface area contributed by atoms with E-state index in [1.54, 1.807) is 0 Å². The maximum Gasteiger partial charge on any atom is 0.270 e. The first-order valence-electron chi connectivity index (χ1n) is 10.2. The summed E-state index contributed by atoms with van der Waals surface area (Å²) in [6.45, 7) is 1.83. The van der Waals surface area contributed by atoms with Gasteiger partial charge in [0.2, 0.25) is 5.91 Å². The SMILES string of the molecule is C[C@H](NC(=O)c1cc(NC(=O)Cc2ccc(O)c(O)c2)ncn1)c1ccc(-c2nnn[nH]2)cc1. The number of aromatic amines is 1. The second-order valence-electron chi connectivity index (χ2n) is 7.40. The first-order chi connectivity index (χ1) is 16.4. The number of phenolic OH excluding ortho intramolecular Hbond substituents is 2. The third-order valence-corrected chi connectivity index (χ3v) is 4.95. The van der Waals surface area contributed by atoms with Crippen molar-refractivity contribution in [3.8, 4) is 22.9 Å². The van der Waals surface area contributed by atoms with Crippen molar-refractivity contribution in [3.63, 3.8) is 0 Å². The number of tetrazole rings is 1. The van der Waals surface area contributed by atoms with Crippen LogP contribution in [0.15, 0.2) is 54.9 Å². The number of H-pyrrole nitrogens is 1. The van der Waals surface area contributed by atoms with Crippen LogP contribution in [0.2, 0.25) is 0 Å². The van der Waals surface area contributed by atoms with Gasteiger partial charge in [0.15, 0.2) is 17.3 Å². The van der Waals surface area contributed by atoms with Crippen molar-refractivity contribution in [3.05, 3.63) is 71.7 Å². The molecular formula is C22H20N8O4. The number of hydrogen-bond acceptors (Lipinski definition) is 9. The van der Waals surface area contributed by atoms with Gasteiger partial charge in [-0.2, -0.15) is 0 Å². The van der Waals surface area contributed by atoms with Gasteiger partial charge in [-0.3, -0.25) is 9.59 Å². The molecule has 0 unspecified atom stereocenters. The summed E-state index contributed by atoms with van der Waals surface area (Å²) in [5.74, 6) is -0.729. The van der Waals surface area contributed by atoms with Crippen LogP contribution in [0.1, 0.15) is 34.6 Å². The Morgan fingerprint density at radius 3 is 2.53 bits per heavy atom. The van der Waals surface area contributed by atoms with E-state index in [0.717, 1.165) is 11.1 Å². The van der Waals surface area contributed by atoms with Gasteiger partial charge in [-0.15, -0.1) is 5.10 Å². The van der Waals surface area contributed by atoms with Crippen molar-refractivity contribution in [1.29, 1.82) is 0 Å². The van der Waals surface area contributed by atoms with Crippen LogP contribution in [-0.2, 0) is 11.2 Å². The van der Waals surface area contributed by atoms with Gasteiger partial charge >= 0.3 is 0 Å². The fourth-order valence-electron chi connectivity index (χ4n) is 3.17. The van der Waals surface area contributed by atoms with Crippen LogP contribution in [0.4, 0.5) is 5.82 Å². The zero-order valence-corrected chi connectivity index (χ0v) is 17.9. The molecule has 0 spiro atoms. The smallest absolute Gasteiger partial charge is 0.270 e. The molecule has 12 nitrogen and oxygen atoms in total. The summed E-state index contributed by atoms with van der Waals surface area (Å²) in [5, 5.41) is 38.0. The van der Waals surface area contributed by atoms with Crippen molar-refractivity contribution < 1.29 is 19.8 Å². The van der Waals surface area contributed by atoms with Gasteiger partial charge < -0.3 is 20.8 Å². The fraction of sp³-hybridized carbons (Fsp3) is 0.136. The van der Waals surface area contributed by atoms with Gasteiger partial charge in [-0.1, -0.05) is 30.3 Å². The van der Waals surface area contributed by atoms with E-state index in [1.807, 2.05) is 31.2 Å². The molecule has 2 amide bonds. The Hall–Kier alpha value is -4.87. The number of carbonyl (C=O) groups excluding carboxylic acids is 2. The van der Waals surface area contributed by atoms with E-state index in [9.17, 15) is 19.8 Å². The standard InChI is InChI=1S/C22H20N8O4/c1-12(14-3-5-15(6-4-14)21-27-29-30-28-21)25-22(34)16-10-19(24-11-23-16)26-20(33)9-13-2-7-17(31)18(32)8-13/h2-8,10-12,31-32H,9H2,1H3,(H,25,34)(H,23,24,26,33)(H,27,28,29,30)/t12-/m0/s1. The number of carbonyl (C=O) groups is 2. The normalized spacial score (nSPS) is 11.6. The van der Waals surface area contributed by atoms with E-state index in [-0.39, 0.29) is 35.5 Å². The quantitative estimate of drug-likeness (QED) is 0.257. The minimum Gasteiger partial charge on any atom is -0.504 e. The molecule has 0 saturated heterocycles. The first kappa shape index (κ1) is 22.3. The summed E-state index contributed by atoms with van der Waals surface area (Å²) in [4.78, 5) is 32.9. The van der Waals surface area contributed by atoms with Crippen LogP contribution in [-0.4, -0.2) is 52.6 Å². The number of nitrogens with one attached hydrogen (secondary N) is 3. The molecule has 0 saturated carbocycles. The number of anilines is 1. The maximum atomic E-state index is 12.7. The minimum absolute atomic E-state index is 0.0590. The lowest BCUT2D eigenvalue weighted by atomic mass is 10.1. The van der Waals surface area contributed by atoms with Crippen molar-refractivity contribution >= 4 is 17.6 Å². The molecule has 5 N–H and O–H groups in total. The Labute approximate surface area is 193 Å². The number of amides is 2. The molecule has 12 heteroatoms. The number of phenols is 2. The predicted molar refractivity (Wildman–Crippen MR) is 120 cm³/mol. The Bertz CT molecular complexity index is 1310. The maximum absolute atomic E-state index is 12.7. The lowest BCUT2D eigenvalue weighted by molar-refractivity contribution is -0.115. The number of aromatic hydroxyl groups is 2. The molecule has 1 atom stereocenters. The molecule has 0 bridgehead atoms. The Kier molecular flexibility index (Phi) is 6.39. The van der Waals surface area contributed by atoms with Gasteiger partial charge in [-0.05, 0) is 40.6 Å². The third kappa shape index (κ3) is 5.30. The van der Waals surface area contributed by atoms with Gasteiger partial charge in [0.1, 0.15) is 17.8 Å². The summed E-state index contributed by atoms with van der Waals surface area (Å²) >= 11 is 0. The van der Waals surface area contributed by atoms with Gasteiger partial charge in [-0.25, -0.2) is 15.1 Å². The summed E-state index contributed by atoms with van der Waals surface area (Å²) in [6, 6.07) is 12.6. The van der Waals surface area contributed by atoms with Crippen LogP contribution in [0.3, 0.4) is 0 Å². The van der Waals surface area contributed by atoms with Gasteiger partial charge in [0, 0.05) is 11.6 Å². The fourth-order valence-corrected chi connectivity index (χ4v) is 3.17. The largest absolute Gasteiger partial charge is 0.504 e. The summed E-state index contributed by atoms with van der Waals surface area (Å²) in [7, 11) is 0. The van der Waals surface area contributed by atoms with Crippen LogP contribution in [0.25, 0.3) is 11.4 Å². The van der Waals surface area contributed by atoms with Crippen LogP contribution in [0.5, 0.6) is 11.5 Å². The number of hydrogen-bond donors (Lipinski definition) is 5. The molecule has 0 aliphatic rings. The van der Waals surface area contributed by atoms with Gasteiger partial charge in [0.25, 0.3) is 5.91 Å². The number of benzene rings is 2. The zero-order valence-electron chi connectivity index (χ0n) is 17.9. The zero-order chi connectivity index (χ0) is 24.1. The Morgan fingerprint density at radius 1 is 1.03 bits per heavy atom. The van der Waals surface area contributed by atoms with E-state index < -0.39 is 11.8 Å². The monoisotopic (exact) mass is 460 g/mol. The first-order valence-corrected chi connectivity index (χ1v) is 10.2.